The maximum Gasteiger partial charge on any atom is 0.244 e. The summed E-state index contributed by atoms with van der Waals surface area (Å²) in [4.78, 5) is 28.2. The molecule has 0 aromatic heterocycles. The van der Waals surface area contributed by atoms with Crippen molar-refractivity contribution in [1.29, 1.82) is 0 Å². The molecule has 0 aliphatic carbocycles. The second-order valence-electron chi connectivity index (χ2n) is 10.3. The van der Waals surface area contributed by atoms with Gasteiger partial charge >= 0.3 is 0 Å². The number of carbonyl (C=O) groups excluding carboxylic acids is 2. The number of nitrogens with one attached hydrogen (secondary N) is 1. The molecule has 1 N–H and O–H groups in total. The van der Waals surface area contributed by atoms with Gasteiger partial charge in [0.25, 0.3) is 0 Å². The minimum atomic E-state index is -3.79. The first-order valence-electron chi connectivity index (χ1n) is 11.9. The van der Waals surface area contributed by atoms with Crippen LogP contribution in [0.15, 0.2) is 48.5 Å². The molecule has 1 atom stereocenters. The van der Waals surface area contributed by atoms with Gasteiger partial charge in [0.15, 0.2) is 0 Å². The zero-order valence-corrected chi connectivity index (χ0v) is 23.3. The molecule has 0 fully saturated rings. The van der Waals surface area contributed by atoms with Crippen molar-refractivity contribution in [2.45, 2.75) is 65.6 Å². The quantitative estimate of drug-likeness (QED) is 0.515. The standard InChI is InChI=1S/C27H39N3O5S/c1-19(2)23-11-9-10-12-24(23)30(36(8,33)34)18-25(31)29(20(3)26(32)28-27(4,5)6)17-21-13-15-22(35-7)16-14-21/h9-16,19-20H,17-18H2,1-8H3,(H,28,32). The fourth-order valence-corrected chi connectivity index (χ4v) is 4.65. The van der Waals surface area contributed by atoms with Crippen LogP contribution < -0.4 is 14.4 Å². The van der Waals surface area contributed by atoms with Crippen molar-refractivity contribution in [3.63, 3.8) is 0 Å². The summed E-state index contributed by atoms with van der Waals surface area (Å²) < 4.78 is 32.0. The second-order valence-corrected chi connectivity index (χ2v) is 12.2. The van der Waals surface area contributed by atoms with Crippen molar-refractivity contribution >= 4 is 27.5 Å². The third-order valence-electron chi connectivity index (χ3n) is 5.68. The Labute approximate surface area is 215 Å². The summed E-state index contributed by atoms with van der Waals surface area (Å²) in [5.74, 6) is -0.0830. The number of amides is 2. The van der Waals surface area contributed by atoms with E-state index in [4.69, 9.17) is 4.74 Å². The summed E-state index contributed by atoms with van der Waals surface area (Å²) in [5.41, 5.74) is 1.57. The fourth-order valence-electron chi connectivity index (χ4n) is 3.78. The maximum absolute atomic E-state index is 13.7. The molecular weight excluding hydrogens is 478 g/mol. The number of benzene rings is 2. The lowest BCUT2D eigenvalue weighted by Crippen LogP contribution is -2.54. The van der Waals surface area contributed by atoms with E-state index in [-0.39, 0.29) is 18.4 Å². The van der Waals surface area contributed by atoms with Gasteiger partial charge in [0.2, 0.25) is 21.8 Å². The lowest BCUT2D eigenvalue weighted by atomic mass is 10.0. The summed E-state index contributed by atoms with van der Waals surface area (Å²) in [6.07, 6.45) is 1.08. The van der Waals surface area contributed by atoms with E-state index in [0.717, 1.165) is 21.7 Å². The number of hydrogen-bond acceptors (Lipinski definition) is 5. The van der Waals surface area contributed by atoms with E-state index in [0.29, 0.717) is 11.4 Å². The highest BCUT2D eigenvalue weighted by atomic mass is 32.2. The SMILES string of the molecule is COc1ccc(CN(C(=O)CN(c2ccccc2C(C)C)S(C)(=O)=O)C(C)C(=O)NC(C)(C)C)cc1. The van der Waals surface area contributed by atoms with E-state index in [1.807, 2.05) is 58.9 Å². The number of carbonyl (C=O) groups is 2. The lowest BCUT2D eigenvalue weighted by molar-refractivity contribution is -0.140. The molecule has 2 aromatic carbocycles. The molecule has 198 valence electrons. The average molecular weight is 518 g/mol. The van der Waals surface area contributed by atoms with E-state index >= 15 is 0 Å². The van der Waals surface area contributed by atoms with E-state index < -0.39 is 34.1 Å². The Hall–Kier alpha value is -3.07. The number of nitrogens with zero attached hydrogens (tertiary/aromatic N) is 2. The Bertz CT molecular complexity index is 1150. The van der Waals surface area contributed by atoms with Crippen molar-refractivity contribution in [2.75, 3.05) is 24.2 Å². The second kappa shape index (κ2) is 11.8. The predicted molar refractivity (Wildman–Crippen MR) is 144 cm³/mol. The molecule has 2 amide bonds. The van der Waals surface area contributed by atoms with E-state index in [1.54, 1.807) is 38.3 Å². The number of anilines is 1. The molecule has 0 saturated carbocycles. The van der Waals surface area contributed by atoms with E-state index in [9.17, 15) is 18.0 Å². The Morgan fingerprint density at radius 3 is 2.08 bits per heavy atom. The summed E-state index contributed by atoms with van der Waals surface area (Å²) in [6, 6.07) is 13.5. The molecule has 0 aliphatic heterocycles. The normalized spacial score (nSPS) is 12.7. The lowest BCUT2D eigenvalue weighted by Gasteiger charge is -2.33. The number of sulfonamides is 1. The van der Waals surface area contributed by atoms with Gasteiger partial charge in [-0.05, 0) is 62.9 Å². The van der Waals surface area contributed by atoms with Crippen LogP contribution in [-0.2, 0) is 26.2 Å². The van der Waals surface area contributed by atoms with Gasteiger partial charge in [-0.2, -0.15) is 0 Å². The van der Waals surface area contributed by atoms with Gasteiger partial charge in [0.05, 0.1) is 19.1 Å². The summed E-state index contributed by atoms with van der Waals surface area (Å²) in [7, 11) is -2.22. The van der Waals surface area contributed by atoms with E-state index in [2.05, 4.69) is 5.32 Å². The first kappa shape index (κ1) is 29.2. The molecule has 0 aliphatic rings. The monoisotopic (exact) mass is 517 g/mol. The van der Waals surface area contributed by atoms with Crippen LogP contribution in [0.5, 0.6) is 5.75 Å². The molecule has 0 radical (unpaired) electrons. The summed E-state index contributed by atoms with van der Waals surface area (Å²) in [6.45, 7) is 10.9. The minimum absolute atomic E-state index is 0.0486. The highest BCUT2D eigenvalue weighted by Crippen LogP contribution is 2.29. The van der Waals surface area contributed by atoms with Crippen molar-refractivity contribution in [1.82, 2.24) is 10.2 Å². The van der Waals surface area contributed by atoms with Gasteiger partial charge < -0.3 is 15.0 Å². The molecule has 1 unspecified atom stereocenters. The van der Waals surface area contributed by atoms with Gasteiger partial charge in [-0.15, -0.1) is 0 Å². The van der Waals surface area contributed by atoms with Crippen LogP contribution in [0.4, 0.5) is 5.69 Å². The van der Waals surface area contributed by atoms with Gasteiger partial charge in [0.1, 0.15) is 18.3 Å². The number of methoxy groups -OCH3 is 1. The third-order valence-corrected chi connectivity index (χ3v) is 6.81. The highest BCUT2D eigenvalue weighted by molar-refractivity contribution is 7.92. The third kappa shape index (κ3) is 7.98. The number of hydrogen-bond donors (Lipinski definition) is 1. The van der Waals surface area contributed by atoms with Crippen LogP contribution in [0.3, 0.4) is 0 Å². The van der Waals surface area contributed by atoms with Crippen LogP contribution in [0.2, 0.25) is 0 Å². The van der Waals surface area contributed by atoms with Gasteiger partial charge in [-0.3, -0.25) is 13.9 Å². The van der Waals surface area contributed by atoms with Crippen molar-refractivity contribution in [3.05, 3.63) is 59.7 Å². The zero-order valence-electron chi connectivity index (χ0n) is 22.5. The average Bonchev–Trinajstić information content (AvgIpc) is 2.78. The molecule has 2 rings (SSSR count). The Balaban J connectivity index is 2.46. The zero-order chi connectivity index (χ0) is 27.3. The Morgan fingerprint density at radius 2 is 1.58 bits per heavy atom. The molecule has 2 aromatic rings. The van der Waals surface area contributed by atoms with Crippen LogP contribution >= 0.6 is 0 Å². The van der Waals surface area contributed by atoms with E-state index in [1.165, 1.54) is 4.90 Å². The van der Waals surface area contributed by atoms with Gasteiger partial charge in [0, 0.05) is 12.1 Å². The molecule has 9 heteroatoms. The molecule has 0 heterocycles. The molecule has 36 heavy (non-hydrogen) atoms. The number of ether oxygens (including phenoxy) is 1. The molecule has 8 nitrogen and oxygen atoms in total. The predicted octanol–water partition coefficient (Wildman–Crippen LogP) is 3.92. The molecule has 0 spiro atoms. The van der Waals surface area contributed by atoms with Gasteiger partial charge in [-0.1, -0.05) is 44.2 Å². The smallest absolute Gasteiger partial charge is 0.244 e. The van der Waals surface area contributed by atoms with Crippen molar-refractivity contribution < 1.29 is 22.7 Å². The molecule has 0 saturated heterocycles. The van der Waals surface area contributed by atoms with Crippen LogP contribution in [-0.4, -0.2) is 56.6 Å². The molecular formula is C27H39N3O5S. The summed E-state index contributed by atoms with van der Waals surface area (Å²) in [5, 5.41) is 2.91. The van der Waals surface area contributed by atoms with Crippen LogP contribution in [0, 0.1) is 0 Å². The van der Waals surface area contributed by atoms with Crippen molar-refractivity contribution in [2.24, 2.45) is 0 Å². The largest absolute Gasteiger partial charge is 0.497 e. The van der Waals surface area contributed by atoms with Crippen LogP contribution in [0.1, 0.15) is 58.6 Å². The summed E-state index contributed by atoms with van der Waals surface area (Å²) >= 11 is 0. The number of rotatable bonds is 10. The minimum Gasteiger partial charge on any atom is -0.497 e. The Morgan fingerprint density at radius 1 is 1.00 bits per heavy atom. The van der Waals surface area contributed by atoms with Crippen molar-refractivity contribution in [3.8, 4) is 5.75 Å². The first-order chi connectivity index (χ1) is 16.6. The van der Waals surface area contributed by atoms with Crippen LogP contribution in [0.25, 0.3) is 0 Å². The van der Waals surface area contributed by atoms with Gasteiger partial charge in [-0.25, -0.2) is 8.42 Å². The molecule has 0 bridgehead atoms. The first-order valence-corrected chi connectivity index (χ1v) is 13.8. The highest BCUT2D eigenvalue weighted by Gasteiger charge is 2.32. The number of para-hydroxylation sites is 1. The topological polar surface area (TPSA) is 96.0 Å². The maximum atomic E-state index is 13.7. The fraction of sp³-hybridized carbons (Fsp3) is 0.481. The Kier molecular flexibility index (Phi) is 9.54.